The van der Waals surface area contributed by atoms with Crippen LogP contribution in [0.1, 0.15) is 11.4 Å². The number of rotatable bonds is 2. The fourth-order valence-corrected chi connectivity index (χ4v) is 1.66. The maximum atomic E-state index is 9.01. The normalized spacial score (nSPS) is 10.8. The third-order valence-electron chi connectivity index (χ3n) is 2.29. The summed E-state index contributed by atoms with van der Waals surface area (Å²) >= 11 is 11.7. The maximum absolute atomic E-state index is 9.01. The molecule has 0 aliphatic carbocycles. The summed E-state index contributed by atoms with van der Waals surface area (Å²) in [5, 5.41) is 17.7. The Morgan fingerprint density at radius 1 is 1.31 bits per heavy atom. The van der Waals surface area contributed by atoms with Crippen LogP contribution >= 0.6 is 23.2 Å². The largest absolute Gasteiger partial charge is 0.390 e. The number of hydrogen-bond donors (Lipinski definition) is 1. The monoisotopic (exact) mass is 257 g/mol. The van der Waals surface area contributed by atoms with Gasteiger partial charge in [-0.3, -0.25) is 0 Å². The van der Waals surface area contributed by atoms with Gasteiger partial charge in [0.25, 0.3) is 0 Å². The van der Waals surface area contributed by atoms with Crippen LogP contribution in [0.3, 0.4) is 0 Å². The van der Waals surface area contributed by atoms with E-state index in [1.807, 2.05) is 6.92 Å². The van der Waals surface area contributed by atoms with Crippen molar-refractivity contribution in [3.8, 4) is 5.69 Å². The van der Waals surface area contributed by atoms with Gasteiger partial charge >= 0.3 is 0 Å². The molecule has 0 fully saturated rings. The van der Waals surface area contributed by atoms with Crippen LogP contribution in [0.15, 0.2) is 18.2 Å². The number of benzene rings is 1. The van der Waals surface area contributed by atoms with Gasteiger partial charge < -0.3 is 5.11 Å². The predicted octanol–water partition coefficient (Wildman–Crippen LogP) is 2.37. The second kappa shape index (κ2) is 4.41. The van der Waals surface area contributed by atoms with Crippen molar-refractivity contribution < 1.29 is 5.11 Å². The van der Waals surface area contributed by atoms with E-state index in [9.17, 15) is 0 Å². The first-order chi connectivity index (χ1) is 7.63. The van der Waals surface area contributed by atoms with Crippen molar-refractivity contribution in [2.24, 2.45) is 0 Å². The second-order valence-electron chi connectivity index (χ2n) is 3.29. The molecule has 16 heavy (non-hydrogen) atoms. The first kappa shape index (κ1) is 11.4. The minimum Gasteiger partial charge on any atom is -0.390 e. The molecule has 1 heterocycles. The molecule has 0 saturated heterocycles. The number of aromatic nitrogens is 3. The Hall–Kier alpha value is -1.10. The summed E-state index contributed by atoms with van der Waals surface area (Å²) in [5.41, 5.74) is 2.09. The molecule has 0 spiro atoms. The Morgan fingerprint density at radius 3 is 2.62 bits per heavy atom. The second-order valence-corrected chi connectivity index (χ2v) is 4.10. The van der Waals surface area contributed by atoms with Crippen molar-refractivity contribution in [2.45, 2.75) is 13.5 Å². The van der Waals surface area contributed by atoms with Crippen LogP contribution in [-0.2, 0) is 6.61 Å². The zero-order valence-corrected chi connectivity index (χ0v) is 10.00. The molecule has 6 heteroatoms. The van der Waals surface area contributed by atoms with Gasteiger partial charge in [-0.15, -0.1) is 5.10 Å². The summed E-state index contributed by atoms with van der Waals surface area (Å²) in [6, 6.07) is 5.18. The van der Waals surface area contributed by atoms with E-state index in [0.717, 1.165) is 11.4 Å². The molecule has 2 rings (SSSR count). The molecule has 0 unspecified atom stereocenters. The van der Waals surface area contributed by atoms with Crippen LogP contribution in [0.5, 0.6) is 0 Å². The van der Waals surface area contributed by atoms with E-state index in [1.165, 1.54) is 0 Å². The maximum Gasteiger partial charge on any atom is 0.111 e. The van der Waals surface area contributed by atoms with Gasteiger partial charge in [0.15, 0.2) is 0 Å². The topological polar surface area (TPSA) is 50.9 Å². The Kier molecular flexibility index (Phi) is 3.14. The molecule has 0 amide bonds. The predicted molar refractivity (Wildman–Crippen MR) is 62.0 cm³/mol. The number of aliphatic hydroxyl groups excluding tert-OH is 1. The van der Waals surface area contributed by atoms with Gasteiger partial charge in [0.05, 0.1) is 28.0 Å². The first-order valence-electron chi connectivity index (χ1n) is 4.61. The summed E-state index contributed by atoms with van der Waals surface area (Å²) in [7, 11) is 0. The number of halogens is 2. The van der Waals surface area contributed by atoms with Crippen LogP contribution in [0.2, 0.25) is 10.0 Å². The third kappa shape index (κ3) is 1.91. The minimum absolute atomic E-state index is 0.132. The Balaban J connectivity index is 2.50. The lowest BCUT2D eigenvalue weighted by molar-refractivity contribution is 0.276. The summed E-state index contributed by atoms with van der Waals surface area (Å²) in [6.07, 6.45) is 0. The molecule has 0 atom stereocenters. The van der Waals surface area contributed by atoms with Gasteiger partial charge in [-0.1, -0.05) is 28.4 Å². The lowest BCUT2D eigenvalue weighted by atomic mass is 10.3. The highest BCUT2D eigenvalue weighted by Gasteiger charge is 2.09. The molecule has 0 saturated carbocycles. The Bertz CT molecular complexity index is 525. The fourth-order valence-electron chi connectivity index (χ4n) is 1.37. The molecule has 2 aromatic rings. The van der Waals surface area contributed by atoms with Crippen molar-refractivity contribution in [1.82, 2.24) is 15.0 Å². The molecular formula is C10H9Cl2N3O. The van der Waals surface area contributed by atoms with Crippen molar-refractivity contribution >= 4 is 23.2 Å². The number of aliphatic hydroxyl groups is 1. The van der Waals surface area contributed by atoms with Gasteiger partial charge in [-0.2, -0.15) is 0 Å². The smallest absolute Gasteiger partial charge is 0.111 e. The van der Waals surface area contributed by atoms with E-state index in [4.69, 9.17) is 28.3 Å². The van der Waals surface area contributed by atoms with Crippen LogP contribution in [0.4, 0.5) is 0 Å². The average molecular weight is 258 g/mol. The zero-order valence-electron chi connectivity index (χ0n) is 8.48. The molecule has 1 aromatic heterocycles. The van der Waals surface area contributed by atoms with E-state index < -0.39 is 0 Å². The Morgan fingerprint density at radius 2 is 2.06 bits per heavy atom. The number of nitrogens with zero attached hydrogens (tertiary/aromatic N) is 3. The van der Waals surface area contributed by atoms with Gasteiger partial charge in [0, 0.05) is 0 Å². The van der Waals surface area contributed by atoms with Gasteiger partial charge in [0.2, 0.25) is 0 Å². The van der Waals surface area contributed by atoms with E-state index >= 15 is 0 Å². The third-order valence-corrected chi connectivity index (χ3v) is 3.03. The SMILES string of the molecule is Cc1c(CO)nnn1-c1ccc(Cl)c(Cl)c1. The molecule has 84 valence electrons. The molecule has 0 bridgehead atoms. The number of hydrogen-bond acceptors (Lipinski definition) is 3. The molecule has 0 aliphatic heterocycles. The molecule has 0 radical (unpaired) electrons. The molecule has 4 nitrogen and oxygen atoms in total. The summed E-state index contributed by atoms with van der Waals surface area (Å²) in [6.45, 7) is 1.70. The highest BCUT2D eigenvalue weighted by atomic mass is 35.5. The van der Waals surface area contributed by atoms with Crippen LogP contribution in [-0.4, -0.2) is 20.1 Å². The average Bonchev–Trinajstić information content (AvgIpc) is 2.64. The van der Waals surface area contributed by atoms with Gasteiger partial charge in [-0.25, -0.2) is 4.68 Å². The highest BCUT2D eigenvalue weighted by Crippen LogP contribution is 2.24. The van der Waals surface area contributed by atoms with Crippen molar-refractivity contribution in [2.75, 3.05) is 0 Å². The standard InChI is InChI=1S/C10H9Cl2N3O/c1-6-10(5-16)13-14-15(6)7-2-3-8(11)9(12)4-7/h2-4,16H,5H2,1H3. The zero-order chi connectivity index (χ0) is 11.7. The van der Waals surface area contributed by atoms with Crippen LogP contribution in [0.25, 0.3) is 5.69 Å². The summed E-state index contributed by atoms with van der Waals surface area (Å²) < 4.78 is 1.60. The van der Waals surface area contributed by atoms with E-state index in [2.05, 4.69) is 10.3 Å². The van der Waals surface area contributed by atoms with E-state index in [1.54, 1.807) is 22.9 Å². The summed E-state index contributed by atoms with van der Waals surface area (Å²) in [4.78, 5) is 0. The lowest BCUT2D eigenvalue weighted by Gasteiger charge is -2.04. The van der Waals surface area contributed by atoms with Crippen molar-refractivity contribution in [3.05, 3.63) is 39.6 Å². The van der Waals surface area contributed by atoms with Crippen LogP contribution < -0.4 is 0 Å². The summed E-state index contributed by atoms with van der Waals surface area (Å²) in [5.74, 6) is 0. The van der Waals surface area contributed by atoms with Crippen LogP contribution in [0, 0.1) is 6.92 Å². The Labute approximate surface area is 102 Å². The first-order valence-corrected chi connectivity index (χ1v) is 5.36. The molecule has 1 aromatic carbocycles. The van der Waals surface area contributed by atoms with Crippen molar-refractivity contribution in [1.29, 1.82) is 0 Å². The van der Waals surface area contributed by atoms with Gasteiger partial charge in [0.1, 0.15) is 5.69 Å². The minimum atomic E-state index is -0.132. The molecule has 1 N–H and O–H groups in total. The highest BCUT2D eigenvalue weighted by molar-refractivity contribution is 6.42. The fraction of sp³-hybridized carbons (Fsp3) is 0.200. The molecular weight excluding hydrogens is 249 g/mol. The van der Waals surface area contributed by atoms with E-state index in [-0.39, 0.29) is 6.61 Å². The van der Waals surface area contributed by atoms with Gasteiger partial charge in [-0.05, 0) is 25.1 Å². The van der Waals surface area contributed by atoms with E-state index in [0.29, 0.717) is 15.7 Å². The molecule has 0 aliphatic rings. The van der Waals surface area contributed by atoms with Crippen molar-refractivity contribution in [3.63, 3.8) is 0 Å². The lowest BCUT2D eigenvalue weighted by Crippen LogP contribution is -1.99. The quantitative estimate of drug-likeness (QED) is 0.899.